The number of nitrogens with one attached hydrogen (secondary N) is 1. The summed E-state index contributed by atoms with van der Waals surface area (Å²) in [6.45, 7) is 3.47. The fraction of sp³-hybridized carbons (Fsp3) is 0.345. The van der Waals surface area contributed by atoms with Crippen LogP contribution in [-0.2, 0) is 4.79 Å². The Labute approximate surface area is 226 Å². The number of halogens is 2. The summed E-state index contributed by atoms with van der Waals surface area (Å²) in [6, 6.07) is 15.3. The molecule has 2 bridgehead atoms. The van der Waals surface area contributed by atoms with Gasteiger partial charge in [0.1, 0.15) is 17.4 Å². The molecule has 0 radical (unpaired) electrons. The minimum atomic E-state index is -1.16. The largest absolute Gasteiger partial charge is 0.477 e. The van der Waals surface area contributed by atoms with Crippen LogP contribution in [0.1, 0.15) is 49.9 Å². The number of anilines is 1. The highest BCUT2D eigenvalue weighted by Gasteiger charge is 2.43. The number of amides is 2. The Morgan fingerprint density at radius 3 is 2.37 bits per heavy atom. The molecule has 198 valence electrons. The van der Waals surface area contributed by atoms with Crippen LogP contribution in [0.25, 0.3) is 11.1 Å². The van der Waals surface area contributed by atoms with Crippen molar-refractivity contribution in [2.24, 2.45) is 5.73 Å². The average molecular weight is 537 g/mol. The van der Waals surface area contributed by atoms with Crippen LogP contribution in [0.5, 0.6) is 5.75 Å². The van der Waals surface area contributed by atoms with E-state index in [1.54, 1.807) is 50.2 Å². The summed E-state index contributed by atoms with van der Waals surface area (Å²) in [5.74, 6) is 0.269. The van der Waals surface area contributed by atoms with Crippen molar-refractivity contribution in [1.82, 2.24) is 10.3 Å². The molecule has 2 aliphatic rings. The number of primary amides is 1. The highest BCUT2D eigenvalue weighted by Crippen LogP contribution is 2.39. The molecular formula is C29H30ClFN4O3. The van der Waals surface area contributed by atoms with Crippen LogP contribution < -0.4 is 20.7 Å². The Hall–Kier alpha value is -3.65. The number of fused-ring (bicyclic) bond motifs is 2. The maximum atomic E-state index is 13.5. The normalized spacial score (nSPS) is 20.7. The second-order valence-corrected chi connectivity index (χ2v) is 10.9. The van der Waals surface area contributed by atoms with Gasteiger partial charge in [0, 0.05) is 34.9 Å². The van der Waals surface area contributed by atoms with Gasteiger partial charge in [0.2, 0.25) is 5.91 Å². The van der Waals surface area contributed by atoms with Crippen molar-refractivity contribution >= 4 is 29.2 Å². The lowest BCUT2D eigenvalue weighted by Crippen LogP contribution is -2.55. The van der Waals surface area contributed by atoms with Gasteiger partial charge in [-0.05, 0) is 87.6 Å². The summed E-state index contributed by atoms with van der Waals surface area (Å²) in [7, 11) is 0. The molecule has 2 saturated heterocycles. The molecule has 0 unspecified atom stereocenters. The molecule has 0 saturated carbocycles. The van der Waals surface area contributed by atoms with Gasteiger partial charge in [0.15, 0.2) is 5.60 Å². The van der Waals surface area contributed by atoms with Crippen molar-refractivity contribution < 1.29 is 18.7 Å². The summed E-state index contributed by atoms with van der Waals surface area (Å²) in [5.41, 5.74) is 5.98. The smallest absolute Gasteiger partial charge is 0.263 e. The summed E-state index contributed by atoms with van der Waals surface area (Å²) in [4.78, 5) is 31.6. The number of carbonyl (C=O) groups is 2. The van der Waals surface area contributed by atoms with Crippen LogP contribution in [0, 0.1) is 5.82 Å². The van der Waals surface area contributed by atoms with Gasteiger partial charge in [-0.2, -0.15) is 0 Å². The molecule has 7 nitrogen and oxygen atoms in total. The van der Waals surface area contributed by atoms with E-state index in [0.29, 0.717) is 21.9 Å². The Balaban J connectivity index is 1.27. The minimum absolute atomic E-state index is 0.00537. The number of rotatable bonds is 7. The van der Waals surface area contributed by atoms with E-state index in [9.17, 15) is 14.0 Å². The molecule has 3 heterocycles. The van der Waals surface area contributed by atoms with Gasteiger partial charge in [-0.15, -0.1) is 0 Å². The van der Waals surface area contributed by atoms with Crippen LogP contribution in [0.4, 0.5) is 10.2 Å². The lowest BCUT2D eigenvalue weighted by Gasteiger charge is -2.41. The second-order valence-electron chi connectivity index (χ2n) is 10.5. The predicted octanol–water partition coefficient (Wildman–Crippen LogP) is 5.11. The van der Waals surface area contributed by atoms with Crippen molar-refractivity contribution in [3.63, 3.8) is 0 Å². The number of aromatic nitrogens is 1. The van der Waals surface area contributed by atoms with Gasteiger partial charge in [-0.1, -0.05) is 23.7 Å². The molecule has 2 aliphatic heterocycles. The first-order chi connectivity index (χ1) is 18.1. The third-order valence-electron chi connectivity index (χ3n) is 7.37. The molecule has 2 aromatic carbocycles. The van der Waals surface area contributed by atoms with E-state index >= 15 is 0 Å². The number of carbonyl (C=O) groups excluding carboxylic acids is 2. The minimum Gasteiger partial charge on any atom is -0.477 e. The highest BCUT2D eigenvalue weighted by molar-refractivity contribution is 6.31. The van der Waals surface area contributed by atoms with Gasteiger partial charge in [-0.3, -0.25) is 9.59 Å². The molecule has 2 amide bonds. The number of piperidine rings is 1. The number of pyridine rings is 1. The lowest BCUT2D eigenvalue weighted by atomic mass is 9.96. The fourth-order valence-corrected chi connectivity index (χ4v) is 5.65. The Kier molecular flexibility index (Phi) is 7.01. The fourth-order valence-electron chi connectivity index (χ4n) is 5.48. The summed E-state index contributed by atoms with van der Waals surface area (Å²) >= 11 is 6.23. The van der Waals surface area contributed by atoms with Gasteiger partial charge in [0.05, 0.1) is 5.56 Å². The maximum Gasteiger partial charge on any atom is 0.263 e. The number of nitrogens with zero attached hydrogens (tertiary/aromatic N) is 2. The van der Waals surface area contributed by atoms with Crippen LogP contribution in [0.15, 0.2) is 60.8 Å². The third kappa shape index (κ3) is 5.31. The van der Waals surface area contributed by atoms with Crippen molar-refractivity contribution in [2.45, 2.75) is 63.3 Å². The lowest BCUT2D eigenvalue weighted by molar-refractivity contribution is -0.135. The van der Waals surface area contributed by atoms with Crippen molar-refractivity contribution in [1.29, 1.82) is 0 Å². The Bertz CT molecular complexity index is 1330. The molecule has 3 aromatic rings. The third-order valence-corrected chi connectivity index (χ3v) is 7.61. The zero-order chi connectivity index (χ0) is 27.0. The quantitative estimate of drug-likeness (QED) is 0.437. The van der Waals surface area contributed by atoms with Crippen molar-refractivity contribution in [2.75, 3.05) is 4.90 Å². The SMILES string of the molecule is CC(C)(Oc1ccc(Cl)cc1-c1ccc(F)cc1)C(=O)N[C@H]1C[C@H]2CC[C@@H](C1)N2c1ccc(C(N)=O)cn1. The van der Waals surface area contributed by atoms with Crippen LogP contribution in [-0.4, -0.2) is 40.5 Å². The first kappa shape index (κ1) is 26.0. The van der Waals surface area contributed by atoms with Gasteiger partial charge >= 0.3 is 0 Å². The highest BCUT2D eigenvalue weighted by atomic mass is 35.5. The standard InChI is InChI=1S/C29H30ClFN4O3/c1-29(2,38-25-11-6-19(30)13-24(25)17-3-7-20(31)8-4-17)28(37)34-21-14-22-9-10-23(15-21)35(22)26-12-5-18(16-33-26)27(32)36/h3-8,11-13,16,21-23H,9-10,14-15H2,1-2H3,(H2,32,36)(H,34,37)/t21-,22+,23-. The predicted molar refractivity (Wildman–Crippen MR) is 145 cm³/mol. The van der Waals surface area contributed by atoms with E-state index < -0.39 is 11.5 Å². The van der Waals surface area contributed by atoms with E-state index in [2.05, 4.69) is 15.2 Å². The zero-order valence-corrected chi connectivity index (χ0v) is 22.0. The maximum absolute atomic E-state index is 13.5. The van der Waals surface area contributed by atoms with Crippen LogP contribution in [0.2, 0.25) is 5.02 Å². The molecule has 9 heteroatoms. The Morgan fingerprint density at radius 2 is 1.76 bits per heavy atom. The number of hydrogen-bond acceptors (Lipinski definition) is 5. The molecule has 2 fully saturated rings. The van der Waals surface area contributed by atoms with Crippen LogP contribution in [0.3, 0.4) is 0 Å². The zero-order valence-electron chi connectivity index (χ0n) is 21.3. The van der Waals surface area contributed by atoms with E-state index in [1.807, 2.05) is 6.07 Å². The number of benzene rings is 2. The topological polar surface area (TPSA) is 97.5 Å². The summed E-state index contributed by atoms with van der Waals surface area (Å²) < 4.78 is 19.7. The monoisotopic (exact) mass is 536 g/mol. The molecule has 0 spiro atoms. The first-order valence-corrected chi connectivity index (χ1v) is 13.1. The number of ether oxygens (including phenoxy) is 1. The van der Waals surface area contributed by atoms with Crippen molar-refractivity contribution in [3.8, 4) is 16.9 Å². The number of hydrogen-bond donors (Lipinski definition) is 2. The molecule has 3 atom stereocenters. The van der Waals surface area contributed by atoms with Crippen molar-refractivity contribution in [3.05, 3.63) is 77.2 Å². The molecule has 1 aromatic heterocycles. The molecular weight excluding hydrogens is 507 g/mol. The summed E-state index contributed by atoms with van der Waals surface area (Å²) in [5, 5.41) is 3.72. The van der Waals surface area contributed by atoms with Gasteiger partial charge in [0.25, 0.3) is 5.91 Å². The van der Waals surface area contributed by atoms with E-state index in [4.69, 9.17) is 22.1 Å². The number of nitrogens with two attached hydrogens (primary N) is 1. The molecule has 38 heavy (non-hydrogen) atoms. The second kappa shape index (κ2) is 10.3. The van der Waals surface area contributed by atoms with E-state index in [0.717, 1.165) is 37.1 Å². The average Bonchev–Trinajstić information content (AvgIpc) is 3.15. The first-order valence-electron chi connectivity index (χ1n) is 12.7. The Morgan fingerprint density at radius 1 is 1.08 bits per heavy atom. The van der Waals surface area contributed by atoms with Crippen LogP contribution >= 0.6 is 11.6 Å². The molecule has 3 N–H and O–H groups in total. The summed E-state index contributed by atoms with van der Waals surface area (Å²) in [6.07, 6.45) is 5.13. The van der Waals surface area contributed by atoms with Gasteiger partial charge < -0.3 is 20.7 Å². The molecule has 5 rings (SSSR count). The van der Waals surface area contributed by atoms with E-state index in [-0.39, 0.29) is 29.8 Å². The van der Waals surface area contributed by atoms with Gasteiger partial charge in [-0.25, -0.2) is 9.37 Å². The molecule has 0 aliphatic carbocycles. The van der Waals surface area contributed by atoms with E-state index in [1.165, 1.54) is 18.3 Å².